The second-order valence-corrected chi connectivity index (χ2v) is 12.7. The average molecular weight is 506 g/mol. The number of fused-ring (bicyclic) bond motifs is 1. The summed E-state index contributed by atoms with van der Waals surface area (Å²) in [5, 5.41) is 0. The number of rotatable bonds is 7. The lowest BCUT2D eigenvalue weighted by Crippen LogP contribution is -2.29. The molecule has 0 aliphatic rings. The van der Waals surface area contributed by atoms with Gasteiger partial charge < -0.3 is 4.57 Å². The van der Waals surface area contributed by atoms with E-state index in [-0.39, 0.29) is 16.7 Å². The SMILES string of the molecule is [C-]#[N+]c1ccc(C(C)(C)S(=O)(=O)c2ccc3c(c2)nc(C(C)(C)C)n3CCCCC(F)(F)F)cc1. The molecule has 5 nitrogen and oxygen atoms in total. The second-order valence-electron chi connectivity index (χ2n) is 10.2. The van der Waals surface area contributed by atoms with Gasteiger partial charge in [0.1, 0.15) is 5.82 Å². The smallest absolute Gasteiger partial charge is 0.328 e. The minimum atomic E-state index is -4.18. The van der Waals surface area contributed by atoms with Crippen molar-refractivity contribution in [3.05, 3.63) is 65.3 Å². The molecule has 0 aliphatic heterocycles. The summed E-state index contributed by atoms with van der Waals surface area (Å²) in [5.41, 5.74) is 1.80. The van der Waals surface area contributed by atoms with E-state index in [9.17, 15) is 21.6 Å². The first-order valence-corrected chi connectivity index (χ1v) is 12.9. The maximum absolute atomic E-state index is 13.6. The van der Waals surface area contributed by atoms with Crippen LogP contribution in [0.3, 0.4) is 0 Å². The normalized spacial score (nSPS) is 13.2. The van der Waals surface area contributed by atoms with Gasteiger partial charge in [-0.05, 0) is 50.5 Å². The van der Waals surface area contributed by atoms with Crippen molar-refractivity contribution in [1.82, 2.24) is 9.55 Å². The number of hydrogen-bond acceptors (Lipinski definition) is 3. The molecule has 1 aromatic heterocycles. The largest absolute Gasteiger partial charge is 0.389 e. The van der Waals surface area contributed by atoms with Crippen molar-refractivity contribution in [2.75, 3.05) is 0 Å². The minimum absolute atomic E-state index is 0.0136. The lowest BCUT2D eigenvalue weighted by atomic mass is 9.95. The summed E-state index contributed by atoms with van der Waals surface area (Å²) in [6.45, 7) is 16.6. The summed E-state index contributed by atoms with van der Waals surface area (Å²) in [4.78, 5) is 8.17. The number of benzene rings is 2. The summed E-state index contributed by atoms with van der Waals surface area (Å²) in [7, 11) is -3.83. The summed E-state index contributed by atoms with van der Waals surface area (Å²) in [5.74, 6) is 0.697. The Hall–Kier alpha value is -2.86. The molecule has 3 aromatic rings. The van der Waals surface area contributed by atoms with E-state index >= 15 is 0 Å². The molecule has 0 saturated carbocycles. The van der Waals surface area contributed by atoms with E-state index in [2.05, 4.69) is 4.85 Å². The van der Waals surface area contributed by atoms with Crippen LogP contribution in [0.1, 0.15) is 65.3 Å². The van der Waals surface area contributed by atoms with Gasteiger partial charge in [0.15, 0.2) is 15.5 Å². The van der Waals surface area contributed by atoms with Crippen LogP contribution < -0.4 is 0 Å². The number of hydrogen-bond donors (Lipinski definition) is 0. The maximum Gasteiger partial charge on any atom is 0.389 e. The molecule has 0 radical (unpaired) electrons. The first-order valence-electron chi connectivity index (χ1n) is 11.4. The van der Waals surface area contributed by atoms with Gasteiger partial charge in [0.25, 0.3) is 0 Å². The van der Waals surface area contributed by atoms with Gasteiger partial charge in [-0.3, -0.25) is 0 Å². The van der Waals surface area contributed by atoms with Crippen molar-refractivity contribution in [1.29, 1.82) is 0 Å². The zero-order valence-electron chi connectivity index (χ0n) is 20.6. The van der Waals surface area contributed by atoms with E-state index in [4.69, 9.17) is 11.6 Å². The lowest BCUT2D eigenvalue weighted by molar-refractivity contribution is -0.135. The van der Waals surface area contributed by atoms with Crippen molar-refractivity contribution in [2.24, 2.45) is 0 Å². The minimum Gasteiger partial charge on any atom is -0.328 e. The highest BCUT2D eigenvalue weighted by atomic mass is 32.2. The van der Waals surface area contributed by atoms with E-state index in [1.54, 1.807) is 50.2 Å². The lowest BCUT2D eigenvalue weighted by Gasteiger charge is -2.25. The van der Waals surface area contributed by atoms with Crippen LogP contribution in [0, 0.1) is 6.57 Å². The molecule has 2 aromatic carbocycles. The van der Waals surface area contributed by atoms with Gasteiger partial charge in [0.2, 0.25) is 0 Å². The molecule has 35 heavy (non-hydrogen) atoms. The number of alkyl halides is 3. The Morgan fingerprint density at radius 1 is 0.971 bits per heavy atom. The predicted octanol–water partition coefficient (Wildman–Crippen LogP) is 7.33. The highest BCUT2D eigenvalue weighted by molar-refractivity contribution is 7.92. The molecule has 0 fully saturated rings. The Balaban J connectivity index is 2.01. The van der Waals surface area contributed by atoms with Crippen molar-refractivity contribution in [3.8, 4) is 0 Å². The maximum atomic E-state index is 13.6. The van der Waals surface area contributed by atoms with Crippen molar-refractivity contribution < 1.29 is 21.6 Å². The Labute approximate surface area is 204 Å². The quantitative estimate of drug-likeness (QED) is 0.250. The summed E-state index contributed by atoms with van der Waals surface area (Å²) in [6.07, 6.45) is -4.67. The topological polar surface area (TPSA) is 56.3 Å². The number of nitrogens with zero attached hydrogens (tertiary/aromatic N) is 3. The third-order valence-electron chi connectivity index (χ3n) is 6.16. The molecule has 0 spiro atoms. The molecular formula is C26H30F3N3O2S. The number of unbranched alkanes of at least 4 members (excludes halogenated alkanes) is 1. The Morgan fingerprint density at radius 2 is 1.60 bits per heavy atom. The molecule has 0 amide bonds. The number of imidazole rings is 1. The van der Waals surface area contributed by atoms with E-state index < -0.39 is 27.2 Å². The van der Waals surface area contributed by atoms with E-state index in [1.807, 2.05) is 25.3 Å². The first kappa shape index (κ1) is 26.7. The standard InChI is InChI=1S/C26H30F3N3O2S/c1-24(2,3)23-31-21-17-20(13-14-22(21)32(23)16-8-7-15-26(27,28)29)35(33,34)25(4,5)18-9-11-19(30-6)12-10-18/h9-14,17H,7-8,15-16H2,1-5H3. The average Bonchev–Trinajstić information content (AvgIpc) is 3.14. The third kappa shape index (κ3) is 5.53. The van der Waals surface area contributed by atoms with E-state index in [1.165, 1.54) is 6.07 Å². The van der Waals surface area contributed by atoms with Gasteiger partial charge in [-0.1, -0.05) is 45.0 Å². The number of halogens is 3. The summed E-state index contributed by atoms with van der Waals surface area (Å²) < 4.78 is 65.6. The molecule has 0 saturated heterocycles. The van der Waals surface area contributed by atoms with Crippen molar-refractivity contribution in [3.63, 3.8) is 0 Å². The molecule has 0 bridgehead atoms. The van der Waals surface area contributed by atoms with Crippen LogP contribution in [0.25, 0.3) is 15.9 Å². The zero-order valence-corrected chi connectivity index (χ0v) is 21.4. The molecule has 188 valence electrons. The Kier molecular flexibility index (Phi) is 7.11. The number of aryl methyl sites for hydroxylation is 1. The highest BCUT2D eigenvalue weighted by Gasteiger charge is 2.38. The van der Waals surface area contributed by atoms with Crippen LogP contribution in [-0.4, -0.2) is 24.1 Å². The first-order chi connectivity index (χ1) is 16.1. The van der Waals surface area contributed by atoms with Gasteiger partial charge in [-0.15, -0.1) is 0 Å². The van der Waals surface area contributed by atoms with Crippen LogP contribution in [0.15, 0.2) is 47.4 Å². The van der Waals surface area contributed by atoms with Crippen LogP contribution in [0.2, 0.25) is 0 Å². The fourth-order valence-corrected chi connectivity index (χ4v) is 5.61. The molecule has 1 heterocycles. The van der Waals surface area contributed by atoms with Crippen LogP contribution in [0.4, 0.5) is 18.9 Å². The van der Waals surface area contributed by atoms with Gasteiger partial charge >= 0.3 is 6.18 Å². The Bertz CT molecular complexity index is 1360. The molecule has 9 heteroatoms. The second kappa shape index (κ2) is 9.30. The highest BCUT2D eigenvalue weighted by Crippen LogP contribution is 2.37. The molecule has 0 unspecified atom stereocenters. The molecule has 0 aliphatic carbocycles. The fraction of sp³-hybridized carbons (Fsp3) is 0.462. The van der Waals surface area contributed by atoms with E-state index in [0.29, 0.717) is 41.1 Å². The number of aromatic nitrogens is 2. The molecule has 0 atom stereocenters. The van der Waals surface area contributed by atoms with Gasteiger partial charge in [0.05, 0.1) is 27.2 Å². The van der Waals surface area contributed by atoms with Gasteiger partial charge in [-0.25, -0.2) is 18.2 Å². The molecule has 0 N–H and O–H groups in total. The monoisotopic (exact) mass is 505 g/mol. The summed E-state index contributed by atoms with van der Waals surface area (Å²) >= 11 is 0. The van der Waals surface area contributed by atoms with E-state index in [0.717, 1.165) is 0 Å². The van der Waals surface area contributed by atoms with Crippen LogP contribution in [-0.2, 0) is 26.5 Å². The van der Waals surface area contributed by atoms with Gasteiger partial charge in [-0.2, -0.15) is 13.2 Å². The predicted molar refractivity (Wildman–Crippen MR) is 131 cm³/mol. The van der Waals surface area contributed by atoms with Crippen LogP contribution >= 0.6 is 0 Å². The zero-order chi connectivity index (χ0) is 26.2. The molecular weight excluding hydrogens is 475 g/mol. The fourth-order valence-electron chi connectivity index (χ4n) is 4.06. The van der Waals surface area contributed by atoms with Crippen LogP contribution in [0.5, 0.6) is 0 Å². The number of sulfone groups is 1. The summed E-state index contributed by atoms with van der Waals surface area (Å²) in [6, 6.07) is 11.3. The third-order valence-corrected chi connectivity index (χ3v) is 8.61. The molecule has 3 rings (SSSR count). The Morgan fingerprint density at radius 3 is 2.14 bits per heavy atom. The van der Waals surface area contributed by atoms with Crippen molar-refractivity contribution in [2.45, 2.75) is 81.7 Å². The van der Waals surface area contributed by atoms with Gasteiger partial charge in [0, 0.05) is 18.4 Å². The van der Waals surface area contributed by atoms with Crippen molar-refractivity contribution >= 4 is 26.6 Å².